The molecule has 0 amide bonds. The van der Waals surface area contributed by atoms with Crippen LogP contribution < -0.4 is 5.32 Å². The van der Waals surface area contributed by atoms with Gasteiger partial charge < -0.3 is 14.5 Å². The van der Waals surface area contributed by atoms with E-state index in [4.69, 9.17) is 9.15 Å². The summed E-state index contributed by atoms with van der Waals surface area (Å²) < 4.78 is 10.4. The molecule has 1 heterocycles. The Morgan fingerprint density at radius 1 is 1.37 bits per heavy atom. The van der Waals surface area contributed by atoms with E-state index in [2.05, 4.69) is 5.32 Å². The predicted molar refractivity (Wildman–Crippen MR) is 70.0 cm³/mol. The number of ether oxygens (including phenoxy) is 1. The van der Waals surface area contributed by atoms with E-state index in [1.54, 1.807) is 43.7 Å². The third-order valence-corrected chi connectivity index (χ3v) is 2.65. The van der Waals surface area contributed by atoms with Crippen LogP contribution in [0.3, 0.4) is 0 Å². The zero-order chi connectivity index (χ0) is 13.7. The van der Waals surface area contributed by atoms with Gasteiger partial charge in [0.15, 0.2) is 0 Å². The minimum absolute atomic E-state index is 0.0233. The van der Waals surface area contributed by atoms with E-state index in [1.807, 2.05) is 0 Å². The Bertz CT molecular complexity index is 539. The molecule has 2 aromatic rings. The van der Waals surface area contributed by atoms with Gasteiger partial charge in [-0.05, 0) is 18.2 Å². The van der Waals surface area contributed by atoms with E-state index in [-0.39, 0.29) is 11.7 Å². The van der Waals surface area contributed by atoms with Crippen LogP contribution in [0.5, 0.6) is 0 Å². The zero-order valence-corrected chi connectivity index (χ0v) is 10.4. The summed E-state index contributed by atoms with van der Waals surface area (Å²) in [6.07, 6.45) is 1.55. The quantitative estimate of drug-likeness (QED) is 0.639. The highest BCUT2D eigenvalue weighted by Crippen LogP contribution is 2.28. The summed E-state index contributed by atoms with van der Waals surface area (Å²) in [4.78, 5) is 10.5. The Morgan fingerprint density at radius 3 is 2.79 bits per heavy atom. The number of rotatable bonds is 6. The molecule has 6 heteroatoms. The SMILES string of the molecule is COCC(Nc1ccccc1[N+](=O)[O-])c1ccco1. The number of hydrogen-bond acceptors (Lipinski definition) is 5. The molecule has 100 valence electrons. The standard InChI is InChI=1S/C13H14N2O4/c1-18-9-11(13-7-4-8-19-13)14-10-5-2-3-6-12(10)15(16)17/h2-8,11,14H,9H2,1H3. The molecule has 1 unspecified atom stereocenters. The molecule has 0 aliphatic carbocycles. The first-order chi connectivity index (χ1) is 9.22. The second kappa shape index (κ2) is 6.01. The number of benzene rings is 1. The second-order valence-electron chi connectivity index (χ2n) is 3.94. The van der Waals surface area contributed by atoms with Crippen molar-refractivity contribution >= 4 is 11.4 Å². The van der Waals surface area contributed by atoms with Gasteiger partial charge in [0.2, 0.25) is 0 Å². The molecular formula is C13H14N2O4. The molecule has 2 rings (SSSR count). The van der Waals surface area contributed by atoms with Crippen molar-refractivity contribution in [2.24, 2.45) is 0 Å². The predicted octanol–water partition coefficient (Wildman–Crippen LogP) is 2.99. The van der Waals surface area contributed by atoms with Crippen molar-refractivity contribution < 1.29 is 14.1 Å². The van der Waals surface area contributed by atoms with Crippen LogP contribution in [0.25, 0.3) is 0 Å². The van der Waals surface area contributed by atoms with Gasteiger partial charge >= 0.3 is 0 Å². The Balaban J connectivity index is 2.25. The van der Waals surface area contributed by atoms with Crippen LogP contribution in [-0.2, 0) is 4.74 Å². The first-order valence-corrected chi connectivity index (χ1v) is 5.74. The summed E-state index contributed by atoms with van der Waals surface area (Å²) >= 11 is 0. The van der Waals surface area contributed by atoms with Crippen LogP contribution in [0.15, 0.2) is 47.1 Å². The molecule has 0 aliphatic rings. The number of nitrogens with zero attached hydrogens (tertiary/aromatic N) is 1. The largest absolute Gasteiger partial charge is 0.467 e. The molecule has 19 heavy (non-hydrogen) atoms. The third kappa shape index (κ3) is 3.11. The van der Waals surface area contributed by atoms with E-state index in [9.17, 15) is 10.1 Å². The summed E-state index contributed by atoms with van der Waals surface area (Å²) in [5.74, 6) is 0.667. The molecule has 0 radical (unpaired) electrons. The monoisotopic (exact) mass is 262 g/mol. The van der Waals surface area contributed by atoms with Crippen molar-refractivity contribution in [2.75, 3.05) is 19.0 Å². The lowest BCUT2D eigenvalue weighted by Crippen LogP contribution is -2.16. The minimum atomic E-state index is -0.422. The van der Waals surface area contributed by atoms with E-state index in [0.29, 0.717) is 18.1 Å². The van der Waals surface area contributed by atoms with Gasteiger partial charge in [-0.25, -0.2) is 0 Å². The molecule has 0 bridgehead atoms. The Labute approximate surface area is 110 Å². The first kappa shape index (κ1) is 13.1. The van der Waals surface area contributed by atoms with Gasteiger partial charge in [0.1, 0.15) is 17.5 Å². The van der Waals surface area contributed by atoms with Crippen LogP contribution in [0.2, 0.25) is 0 Å². The molecule has 1 atom stereocenters. The average molecular weight is 262 g/mol. The van der Waals surface area contributed by atoms with Gasteiger partial charge in [-0.15, -0.1) is 0 Å². The van der Waals surface area contributed by atoms with Crippen LogP contribution in [-0.4, -0.2) is 18.6 Å². The van der Waals surface area contributed by atoms with Crippen LogP contribution in [0.4, 0.5) is 11.4 Å². The number of nitrogens with one attached hydrogen (secondary N) is 1. The highest BCUT2D eigenvalue weighted by molar-refractivity contribution is 5.61. The number of nitro groups is 1. The first-order valence-electron chi connectivity index (χ1n) is 5.74. The van der Waals surface area contributed by atoms with Gasteiger partial charge in [0.25, 0.3) is 5.69 Å². The van der Waals surface area contributed by atoms with Gasteiger partial charge in [0.05, 0.1) is 17.8 Å². The van der Waals surface area contributed by atoms with Gasteiger partial charge in [-0.3, -0.25) is 10.1 Å². The summed E-state index contributed by atoms with van der Waals surface area (Å²) in [5, 5.41) is 14.0. The Hall–Kier alpha value is -2.34. The molecule has 1 aromatic heterocycles. The van der Waals surface area contributed by atoms with Crippen LogP contribution >= 0.6 is 0 Å². The van der Waals surface area contributed by atoms with E-state index < -0.39 is 4.92 Å². The maximum absolute atomic E-state index is 11.0. The number of furan rings is 1. The molecule has 0 saturated carbocycles. The lowest BCUT2D eigenvalue weighted by molar-refractivity contribution is -0.384. The van der Waals surface area contributed by atoms with Crippen molar-refractivity contribution in [3.05, 3.63) is 58.5 Å². The number of hydrogen-bond donors (Lipinski definition) is 1. The zero-order valence-electron chi connectivity index (χ0n) is 10.4. The Kier molecular flexibility index (Phi) is 4.15. The summed E-state index contributed by atoms with van der Waals surface area (Å²) in [7, 11) is 1.57. The average Bonchev–Trinajstić information content (AvgIpc) is 2.92. The maximum atomic E-state index is 11.0. The molecular weight excluding hydrogens is 248 g/mol. The molecule has 0 saturated heterocycles. The molecule has 0 fully saturated rings. The fraction of sp³-hybridized carbons (Fsp3) is 0.231. The summed E-state index contributed by atoms with van der Waals surface area (Å²) in [5.41, 5.74) is 0.459. The lowest BCUT2D eigenvalue weighted by atomic mass is 10.2. The number of para-hydroxylation sites is 2. The van der Waals surface area contributed by atoms with Crippen molar-refractivity contribution in [1.82, 2.24) is 0 Å². The van der Waals surface area contributed by atoms with E-state index >= 15 is 0 Å². The fourth-order valence-electron chi connectivity index (χ4n) is 1.79. The van der Waals surface area contributed by atoms with Crippen molar-refractivity contribution in [3.63, 3.8) is 0 Å². The van der Waals surface area contributed by atoms with Crippen LogP contribution in [0.1, 0.15) is 11.8 Å². The summed E-state index contributed by atoms with van der Waals surface area (Å²) in [6.45, 7) is 0.347. The normalized spacial score (nSPS) is 12.1. The topological polar surface area (TPSA) is 77.5 Å². The van der Waals surface area contributed by atoms with Crippen LogP contribution in [0, 0.1) is 10.1 Å². The molecule has 1 aromatic carbocycles. The van der Waals surface area contributed by atoms with E-state index in [0.717, 1.165) is 0 Å². The molecule has 0 spiro atoms. The smallest absolute Gasteiger partial charge is 0.292 e. The van der Waals surface area contributed by atoms with Gasteiger partial charge in [-0.2, -0.15) is 0 Å². The number of anilines is 1. The number of methoxy groups -OCH3 is 1. The van der Waals surface area contributed by atoms with E-state index in [1.165, 1.54) is 6.07 Å². The van der Waals surface area contributed by atoms with Crippen molar-refractivity contribution in [3.8, 4) is 0 Å². The molecule has 6 nitrogen and oxygen atoms in total. The second-order valence-corrected chi connectivity index (χ2v) is 3.94. The highest BCUT2D eigenvalue weighted by Gasteiger charge is 2.19. The minimum Gasteiger partial charge on any atom is -0.467 e. The lowest BCUT2D eigenvalue weighted by Gasteiger charge is -2.16. The summed E-state index contributed by atoms with van der Waals surface area (Å²) in [6, 6.07) is 9.76. The highest BCUT2D eigenvalue weighted by atomic mass is 16.6. The Morgan fingerprint density at radius 2 is 2.16 bits per heavy atom. The maximum Gasteiger partial charge on any atom is 0.292 e. The molecule has 1 N–H and O–H groups in total. The fourth-order valence-corrected chi connectivity index (χ4v) is 1.79. The van der Waals surface area contributed by atoms with Crippen molar-refractivity contribution in [2.45, 2.75) is 6.04 Å². The number of nitro benzene ring substituents is 1. The third-order valence-electron chi connectivity index (χ3n) is 2.65. The van der Waals surface area contributed by atoms with Gasteiger partial charge in [0, 0.05) is 13.2 Å². The van der Waals surface area contributed by atoms with Crippen molar-refractivity contribution in [1.29, 1.82) is 0 Å². The molecule has 0 aliphatic heterocycles. The van der Waals surface area contributed by atoms with Gasteiger partial charge in [-0.1, -0.05) is 12.1 Å².